The van der Waals surface area contributed by atoms with Crippen molar-refractivity contribution in [3.8, 4) is 11.5 Å². The third-order valence-electron chi connectivity index (χ3n) is 5.51. The molecule has 0 radical (unpaired) electrons. The quantitative estimate of drug-likeness (QED) is 0.706. The summed E-state index contributed by atoms with van der Waals surface area (Å²) in [4.78, 5) is 2.27. The number of fused-ring (bicyclic) bond motifs is 1. The van der Waals surface area contributed by atoms with E-state index in [9.17, 15) is 5.11 Å². The van der Waals surface area contributed by atoms with Crippen LogP contribution in [0.3, 0.4) is 0 Å². The summed E-state index contributed by atoms with van der Waals surface area (Å²) in [5.41, 5.74) is 3.41. The molecule has 0 atom stereocenters. The lowest BCUT2D eigenvalue weighted by Gasteiger charge is -2.34. The summed E-state index contributed by atoms with van der Waals surface area (Å²) in [5, 5.41) is 12.7. The molecule has 0 bridgehead atoms. The molecule has 3 aromatic carbocycles. The maximum Gasteiger partial charge on any atom is 0.146 e. The lowest BCUT2D eigenvalue weighted by atomic mass is 10.0. The van der Waals surface area contributed by atoms with Gasteiger partial charge in [0.1, 0.15) is 17.6 Å². The lowest BCUT2D eigenvalue weighted by Crippen LogP contribution is -2.38. The summed E-state index contributed by atoms with van der Waals surface area (Å²) < 4.78 is 6.26. The van der Waals surface area contributed by atoms with Crippen molar-refractivity contribution in [1.82, 2.24) is 0 Å². The Kier molecular flexibility index (Phi) is 4.46. The van der Waals surface area contributed by atoms with Crippen LogP contribution in [0, 0.1) is 13.8 Å². The van der Waals surface area contributed by atoms with E-state index >= 15 is 0 Å². The maximum atomic E-state index is 10.7. The molecule has 1 aliphatic rings. The molecule has 4 rings (SSSR count). The number of nitrogens with zero attached hydrogens (tertiary/aromatic N) is 1. The van der Waals surface area contributed by atoms with Crippen LogP contribution in [0.15, 0.2) is 54.6 Å². The van der Waals surface area contributed by atoms with E-state index in [1.165, 1.54) is 11.1 Å². The summed E-state index contributed by atoms with van der Waals surface area (Å²) in [7, 11) is 0. The summed E-state index contributed by atoms with van der Waals surface area (Å²) in [5.74, 6) is 1.38. The Balaban J connectivity index is 1.47. The predicted octanol–water partition coefficient (Wildman–Crippen LogP) is 5.21. The second-order valence-electron chi connectivity index (χ2n) is 7.16. The minimum absolute atomic E-state index is 0.231. The van der Waals surface area contributed by atoms with E-state index in [0.29, 0.717) is 5.75 Å². The lowest BCUT2D eigenvalue weighted by molar-refractivity contribution is 0.169. The fourth-order valence-electron chi connectivity index (χ4n) is 3.74. The monoisotopic (exact) mass is 347 g/mol. The average Bonchev–Trinajstić information content (AvgIpc) is 2.67. The third-order valence-corrected chi connectivity index (χ3v) is 5.51. The van der Waals surface area contributed by atoms with Gasteiger partial charge in [-0.3, -0.25) is 0 Å². The van der Waals surface area contributed by atoms with Gasteiger partial charge >= 0.3 is 0 Å². The molecule has 1 N–H and O–H groups in total. The Labute approximate surface area is 154 Å². The topological polar surface area (TPSA) is 32.7 Å². The Bertz CT molecular complexity index is 927. The van der Waals surface area contributed by atoms with Gasteiger partial charge in [-0.05, 0) is 42.5 Å². The number of hydrogen-bond donors (Lipinski definition) is 1. The number of phenolic OH excluding ortho intramolecular Hbond substituents is 1. The molecule has 1 heterocycles. The molecule has 3 heteroatoms. The van der Waals surface area contributed by atoms with E-state index in [1.807, 2.05) is 30.3 Å². The van der Waals surface area contributed by atoms with Crippen molar-refractivity contribution in [2.75, 3.05) is 18.0 Å². The number of anilines is 1. The van der Waals surface area contributed by atoms with Crippen LogP contribution < -0.4 is 9.64 Å². The van der Waals surface area contributed by atoms with Crippen LogP contribution in [0.4, 0.5) is 5.69 Å². The number of aromatic hydroxyl groups is 1. The fourth-order valence-corrected chi connectivity index (χ4v) is 3.74. The zero-order valence-electron chi connectivity index (χ0n) is 15.4. The van der Waals surface area contributed by atoms with Crippen molar-refractivity contribution in [1.29, 1.82) is 0 Å². The fraction of sp³-hybridized carbons (Fsp3) is 0.304. The first-order valence-electron chi connectivity index (χ1n) is 9.32. The second kappa shape index (κ2) is 6.91. The predicted molar refractivity (Wildman–Crippen MR) is 107 cm³/mol. The van der Waals surface area contributed by atoms with Gasteiger partial charge in [0.15, 0.2) is 0 Å². The SMILES string of the molecule is Cc1cccc(OC2CCN(c3ccc4ccccc4c3O)CC2)c1C. The summed E-state index contributed by atoms with van der Waals surface area (Å²) in [6, 6.07) is 18.3. The van der Waals surface area contributed by atoms with E-state index in [0.717, 1.165) is 48.1 Å². The van der Waals surface area contributed by atoms with E-state index in [4.69, 9.17) is 4.74 Å². The number of aryl methyl sites for hydroxylation is 1. The average molecular weight is 347 g/mol. The number of piperidine rings is 1. The van der Waals surface area contributed by atoms with Crippen LogP contribution in [0.1, 0.15) is 24.0 Å². The van der Waals surface area contributed by atoms with Gasteiger partial charge in [0.2, 0.25) is 0 Å². The molecule has 3 aromatic rings. The maximum absolute atomic E-state index is 10.7. The van der Waals surface area contributed by atoms with Gasteiger partial charge in [0, 0.05) is 31.3 Å². The zero-order valence-corrected chi connectivity index (χ0v) is 15.4. The molecule has 0 aliphatic carbocycles. The molecule has 134 valence electrons. The van der Waals surface area contributed by atoms with Crippen LogP contribution in [-0.4, -0.2) is 24.3 Å². The Morgan fingerprint density at radius 1 is 0.923 bits per heavy atom. The molecule has 0 aromatic heterocycles. The molecule has 26 heavy (non-hydrogen) atoms. The smallest absolute Gasteiger partial charge is 0.146 e. The molecule has 0 unspecified atom stereocenters. The molecule has 1 fully saturated rings. The summed E-state index contributed by atoms with van der Waals surface area (Å²) in [6.45, 7) is 6.02. The Morgan fingerprint density at radius 3 is 2.50 bits per heavy atom. The molecule has 0 saturated carbocycles. The van der Waals surface area contributed by atoms with Crippen LogP contribution in [0.5, 0.6) is 11.5 Å². The van der Waals surface area contributed by atoms with E-state index in [-0.39, 0.29) is 6.10 Å². The molecule has 3 nitrogen and oxygen atoms in total. The van der Waals surface area contributed by atoms with Crippen LogP contribution in [0.2, 0.25) is 0 Å². The van der Waals surface area contributed by atoms with E-state index < -0.39 is 0 Å². The van der Waals surface area contributed by atoms with Gasteiger partial charge in [0.25, 0.3) is 0 Å². The zero-order chi connectivity index (χ0) is 18.1. The van der Waals surface area contributed by atoms with Crippen LogP contribution in [-0.2, 0) is 0 Å². The van der Waals surface area contributed by atoms with Crippen molar-refractivity contribution >= 4 is 16.5 Å². The highest BCUT2D eigenvalue weighted by Gasteiger charge is 2.23. The molecular weight excluding hydrogens is 322 g/mol. The standard InChI is InChI=1S/C23H25NO2/c1-16-6-5-9-22(17(16)2)26-19-12-14-24(15-13-19)21-11-10-18-7-3-4-8-20(18)23(21)25/h3-11,19,25H,12-15H2,1-2H3. The van der Waals surface area contributed by atoms with Crippen LogP contribution >= 0.6 is 0 Å². The number of benzene rings is 3. The van der Waals surface area contributed by atoms with Gasteiger partial charge in [-0.15, -0.1) is 0 Å². The largest absolute Gasteiger partial charge is 0.505 e. The number of ether oxygens (including phenoxy) is 1. The normalized spacial score (nSPS) is 15.4. The summed E-state index contributed by atoms with van der Waals surface area (Å²) >= 11 is 0. The highest BCUT2D eigenvalue weighted by atomic mass is 16.5. The van der Waals surface area contributed by atoms with Crippen molar-refractivity contribution in [3.05, 3.63) is 65.7 Å². The van der Waals surface area contributed by atoms with Crippen LogP contribution in [0.25, 0.3) is 10.8 Å². The minimum atomic E-state index is 0.231. The first-order chi connectivity index (χ1) is 12.6. The van der Waals surface area contributed by atoms with Gasteiger partial charge in [0.05, 0.1) is 5.69 Å². The van der Waals surface area contributed by atoms with Gasteiger partial charge in [-0.2, -0.15) is 0 Å². The highest BCUT2D eigenvalue weighted by molar-refractivity contribution is 5.93. The summed E-state index contributed by atoms with van der Waals surface area (Å²) in [6.07, 6.45) is 2.15. The number of rotatable bonds is 3. The number of hydrogen-bond acceptors (Lipinski definition) is 3. The molecule has 0 spiro atoms. The first kappa shape index (κ1) is 16.8. The van der Waals surface area contributed by atoms with Gasteiger partial charge in [-0.1, -0.05) is 42.5 Å². The first-order valence-corrected chi connectivity index (χ1v) is 9.32. The molecule has 1 saturated heterocycles. The van der Waals surface area contributed by atoms with Crippen molar-refractivity contribution in [2.24, 2.45) is 0 Å². The number of phenols is 1. The van der Waals surface area contributed by atoms with Crippen molar-refractivity contribution in [3.63, 3.8) is 0 Å². The van der Waals surface area contributed by atoms with E-state index in [1.54, 1.807) is 0 Å². The molecule has 1 aliphatic heterocycles. The van der Waals surface area contributed by atoms with Gasteiger partial charge < -0.3 is 14.7 Å². The molecule has 0 amide bonds. The highest BCUT2D eigenvalue weighted by Crippen LogP contribution is 2.36. The Morgan fingerprint density at radius 2 is 1.69 bits per heavy atom. The molecular formula is C23H25NO2. The third kappa shape index (κ3) is 3.10. The second-order valence-corrected chi connectivity index (χ2v) is 7.16. The Hall–Kier alpha value is -2.68. The van der Waals surface area contributed by atoms with Crippen molar-refractivity contribution in [2.45, 2.75) is 32.8 Å². The van der Waals surface area contributed by atoms with Crippen molar-refractivity contribution < 1.29 is 9.84 Å². The minimum Gasteiger partial charge on any atom is -0.505 e. The van der Waals surface area contributed by atoms with E-state index in [2.05, 4.69) is 43.0 Å². The van der Waals surface area contributed by atoms with Gasteiger partial charge in [-0.25, -0.2) is 0 Å².